The third kappa shape index (κ3) is 4.66. The van der Waals surface area contributed by atoms with Crippen LogP contribution in [0.5, 0.6) is 0 Å². The minimum absolute atomic E-state index is 0.135. The van der Waals surface area contributed by atoms with Gasteiger partial charge in [-0.25, -0.2) is 0 Å². The monoisotopic (exact) mass is 259 g/mol. The van der Waals surface area contributed by atoms with Gasteiger partial charge in [-0.2, -0.15) is 5.26 Å². The van der Waals surface area contributed by atoms with Gasteiger partial charge in [0, 0.05) is 13.1 Å². The molecule has 1 rings (SSSR count). The minimum atomic E-state index is 0.135. The zero-order valence-corrected chi connectivity index (χ0v) is 12.5. The summed E-state index contributed by atoms with van der Waals surface area (Å²) in [4.78, 5) is 2.40. The standard InChI is InChI=1S/C16H25N3/c1-5-19(12-16(3,4)11-18)10-15-7-6-14(9-17)8-13(15)2/h6-8H,5,10-12,18H2,1-4H3. The van der Waals surface area contributed by atoms with E-state index in [1.54, 1.807) is 0 Å². The highest BCUT2D eigenvalue weighted by atomic mass is 15.1. The summed E-state index contributed by atoms with van der Waals surface area (Å²) in [6, 6.07) is 8.09. The van der Waals surface area contributed by atoms with E-state index in [2.05, 4.69) is 44.7 Å². The number of nitrogens with zero attached hydrogens (tertiary/aromatic N) is 2. The second-order valence-electron chi connectivity index (χ2n) is 5.92. The van der Waals surface area contributed by atoms with Gasteiger partial charge < -0.3 is 5.73 Å². The molecular formula is C16H25N3. The molecular weight excluding hydrogens is 234 g/mol. The molecule has 0 bridgehead atoms. The van der Waals surface area contributed by atoms with E-state index in [4.69, 9.17) is 11.0 Å². The third-order valence-corrected chi connectivity index (χ3v) is 3.52. The van der Waals surface area contributed by atoms with Crippen LogP contribution in [0.2, 0.25) is 0 Å². The summed E-state index contributed by atoms with van der Waals surface area (Å²) in [5, 5.41) is 8.89. The van der Waals surface area contributed by atoms with E-state index in [-0.39, 0.29) is 5.41 Å². The van der Waals surface area contributed by atoms with Crippen molar-refractivity contribution in [3.8, 4) is 6.07 Å². The number of benzene rings is 1. The second-order valence-corrected chi connectivity index (χ2v) is 5.92. The normalized spacial score (nSPS) is 11.6. The van der Waals surface area contributed by atoms with E-state index in [9.17, 15) is 0 Å². The number of nitriles is 1. The summed E-state index contributed by atoms with van der Waals surface area (Å²) in [6.07, 6.45) is 0. The molecule has 0 aliphatic rings. The number of nitrogens with two attached hydrogens (primary N) is 1. The average Bonchev–Trinajstić information content (AvgIpc) is 2.39. The molecule has 104 valence electrons. The highest BCUT2D eigenvalue weighted by Crippen LogP contribution is 2.18. The van der Waals surface area contributed by atoms with Crippen molar-refractivity contribution >= 4 is 0 Å². The predicted molar refractivity (Wildman–Crippen MR) is 79.7 cm³/mol. The van der Waals surface area contributed by atoms with Crippen molar-refractivity contribution in [1.29, 1.82) is 5.26 Å². The highest BCUT2D eigenvalue weighted by molar-refractivity contribution is 5.37. The first-order chi connectivity index (χ1) is 8.91. The van der Waals surface area contributed by atoms with Crippen molar-refractivity contribution in [3.63, 3.8) is 0 Å². The molecule has 19 heavy (non-hydrogen) atoms. The molecule has 0 aromatic heterocycles. The Hall–Kier alpha value is -1.37. The Morgan fingerprint density at radius 2 is 2.05 bits per heavy atom. The van der Waals surface area contributed by atoms with Gasteiger partial charge in [-0.1, -0.05) is 26.8 Å². The topological polar surface area (TPSA) is 53.0 Å². The van der Waals surface area contributed by atoms with Crippen LogP contribution in [0.15, 0.2) is 18.2 Å². The Labute approximate surface area is 117 Å². The van der Waals surface area contributed by atoms with Crippen molar-refractivity contribution in [3.05, 3.63) is 34.9 Å². The van der Waals surface area contributed by atoms with E-state index < -0.39 is 0 Å². The highest BCUT2D eigenvalue weighted by Gasteiger charge is 2.19. The van der Waals surface area contributed by atoms with Crippen LogP contribution >= 0.6 is 0 Å². The maximum atomic E-state index is 8.89. The molecule has 0 heterocycles. The summed E-state index contributed by atoms with van der Waals surface area (Å²) >= 11 is 0. The molecule has 1 aromatic carbocycles. The van der Waals surface area contributed by atoms with Crippen LogP contribution in [0, 0.1) is 23.7 Å². The summed E-state index contributed by atoms with van der Waals surface area (Å²) in [7, 11) is 0. The SMILES string of the molecule is CCN(Cc1ccc(C#N)cc1C)CC(C)(C)CN. The molecule has 0 spiro atoms. The molecule has 0 unspecified atom stereocenters. The van der Waals surface area contributed by atoms with Crippen LogP contribution in [-0.2, 0) is 6.54 Å². The van der Waals surface area contributed by atoms with Crippen molar-refractivity contribution in [2.45, 2.75) is 34.2 Å². The number of hydrogen-bond donors (Lipinski definition) is 1. The van der Waals surface area contributed by atoms with Crippen LogP contribution in [-0.4, -0.2) is 24.5 Å². The quantitative estimate of drug-likeness (QED) is 0.854. The van der Waals surface area contributed by atoms with Gasteiger partial charge in [0.25, 0.3) is 0 Å². The Morgan fingerprint density at radius 3 is 2.53 bits per heavy atom. The molecule has 1 aromatic rings. The predicted octanol–water partition coefficient (Wildman–Crippen LogP) is 2.67. The van der Waals surface area contributed by atoms with Crippen molar-refractivity contribution < 1.29 is 0 Å². The van der Waals surface area contributed by atoms with Crippen molar-refractivity contribution in [1.82, 2.24) is 4.90 Å². The lowest BCUT2D eigenvalue weighted by Gasteiger charge is -2.31. The number of aryl methyl sites for hydroxylation is 1. The van der Waals surface area contributed by atoms with Crippen molar-refractivity contribution in [2.75, 3.05) is 19.6 Å². The Morgan fingerprint density at radius 1 is 1.37 bits per heavy atom. The van der Waals surface area contributed by atoms with Crippen LogP contribution < -0.4 is 5.73 Å². The second kappa shape index (κ2) is 6.70. The van der Waals surface area contributed by atoms with Gasteiger partial charge in [-0.3, -0.25) is 4.90 Å². The van der Waals surface area contributed by atoms with E-state index >= 15 is 0 Å². The largest absolute Gasteiger partial charge is 0.330 e. The molecule has 0 radical (unpaired) electrons. The zero-order valence-electron chi connectivity index (χ0n) is 12.5. The van der Waals surface area contributed by atoms with Crippen LogP contribution in [0.25, 0.3) is 0 Å². The molecule has 3 nitrogen and oxygen atoms in total. The fraction of sp³-hybridized carbons (Fsp3) is 0.562. The lowest BCUT2D eigenvalue weighted by Crippen LogP contribution is -2.38. The smallest absolute Gasteiger partial charge is 0.0991 e. The third-order valence-electron chi connectivity index (χ3n) is 3.52. The van der Waals surface area contributed by atoms with Gasteiger partial charge in [0.1, 0.15) is 0 Å². The van der Waals surface area contributed by atoms with Gasteiger partial charge >= 0.3 is 0 Å². The summed E-state index contributed by atoms with van der Waals surface area (Å²) in [5.41, 5.74) is 9.14. The molecule has 0 aliphatic heterocycles. The van der Waals surface area contributed by atoms with E-state index in [0.29, 0.717) is 6.54 Å². The molecule has 0 aliphatic carbocycles. The van der Waals surface area contributed by atoms with Crippen molar-refractivity contribution in [2.24, 2.45) is 11.1 Å². The van der Waals surface area contributed by atoms with Gasteiger partial charge in [0.05, 0.1) is 11.6 Å². The summed E-state index contributed by atoms with van der Waals surface area (Å²) in [5.74, 6) is 0. The number of rotatable bonds is 6. The first-order valence-electron chi connectivity index (χ1n) is 6.84. The Kier molecular flexibility index (Phi) is 5.53. The molecule has 0 saturated carbocycles. The lowest BCUT2D eigenvalue weighted by atomic mass is 9.92. The average molecular weight is 259 g/mol. The molecule has 2 N–H and O–H groups in total. The number of hydrogen-bond acceptors (Lipinski definition) is 3. The van der Waals surface area contributed by atoms with Gasteiger partial charge in [-0.15, -0.1) is 0 Å². The zero-order chi connectivity index (χ0) is 14.5. The Bertz CT molecular complexity index is 458. The lowest BCUT2D eigenvalue weighted by molar-refractivity contribution is 0.183. The van der Waals surface area contributed by atoms with Gasteiger partial charge in [0.2, 0.25) is 0 Å². The van der Waals surface area contributed by atoms with Crippen LogP contribution in [0.1, 0.15) is 37.5 Å². The van der Waals surface area contributed by atoms with E-state index in [1.807, 2.05) is 12.1 Å². The minimum Gasteiger partial charge on any atom is -0.330 e. The van der Waals surface area contributed by atoms with E-state index in [1.165, 1.54) is 11.1 Å². The molecule has 0 atom stereocenters. The van der Waals surface area contributed by atoms with Crippen LogP contribution in [0.4, 0.5) is 0 Å². The van der Waals surface area contributed by atoms with Gasteiger partial charge in [-0.05, 0) is 48.7 Å². The first-order valence-corrected chi connectivity index (χ1v) is 6.84. The maximum Gasteiger partial charge on any atom is 0.0991 e. The van der Waals surface area contributed by atoms with Gasteiger partial charge in [0.15, 0.2) is 0 Å². The fourth-order valence-electron chi connectivity index (χ4n) is 2.13. The van der Waals surface area contributed by atoms with E-state index in [0.717, 1.165) is 25.2 Å². The molecule has 3 heteroatoms. The van der Waals surface area contributed by atoms with Crippen LogP contribution in [0.3, 0.4) is 0 Å². The maximum absolute atomic E-state index is 8.89. The first kappa shape index (κ1) is 15.7. The fourth-order valence-corrected chi connectivity index (χ4v) is 2.13. The summed E-state index contributed by atoms with van der Waals surface area (Å²) in [6.45, 7) is 12.2. The molecule has 0 saturated heterocycles. The molecule has 0 amide bonds. The summed E-state index contributed by atoms with van der Waals surface area (Å²) < 4.78 is 0. The molecule has 0 fully saturated rings. The Balaban J connectivity index is 2.79.